The number of anilines is 1. The second-order valence-corrected chi connectivity index (χ2v) is 7.60. The average molecular weight is 387 g/mol. The van der Waals surface area contributed by atoms with E-state index in [1.54, 1.807) is 17.5 Å². The van der Waals surface area contributed by atoms with E-state index in [2.05, 4.69) is 5.32 Å². The summed E-state index contributed by atoms with van der Waals surface area (Å²) in [5.74, 6) is -1.44. The van der Waals surface area contributed by atoms with Gasteiger partial charge < -0.3 is 10.4 Å². The highest BCUT2D eigenvalue weighted by Gasteiger charge is 2.55. The number of rotatable bonds is 2. The van der Waals surface area contributed by atoms with Gasteiger partial charge >= 0.3 is 6.18 Å². The monoisotopic (exact) mass is 387 g/mol. The number of carbonyl (C=O) groups excluding carboxylic acids is 2. The molecule has 1 aromatic carbocycles. The second-order valence-electron chi connectivity index (χ2n) is 5.58. The highest BCUT2D eigenvalue weighted by molar-refractivity contribution is 7.98. The molecule has 4 nitrogen and oxygen atoms in total. The van der Waals surface area contributed by atoms with Crippen LogP contribution in [0, 0.1) is 0 Å². The van der Waals surface area contributed by atoms with Crippen molar-refractivity contribution in [2.45, 2.75) is 29.3 Å². The van der Waals surface area contributed by atoms with Gasteiger partial charge in [0.1, 0.15) is 0 Å². The molecule has 0 saturated carbocycles. The van der Waals surface area contributed by atoms with E-state index in [4.69, 9.17) is 0 Å². The summed E-state index contributed by atoms with van der Waals surface area (Å²) < 4.78 is 38.5. The molecule has 1 aromatic heterocycles. The second kappa shape index (κ2) is 6.15. The molecule has 3 rings (SSSR count). The fourth-order valence-corrected chi connectivity index (χ4v) is 4.36. The van der Waals surface area contributed by atoms with Crippen LogP contribution in [0.25, 0.3) is 0 Å². The molecule has 0 radical (unpaired) electrons. The predicted molar refractivity (Wildman–Crippen MR) is 89.1 cm³/mol. The van der Waals surface area contributed by atoms with Crippen molar-refractivity contribution < 1.29 is 27.9 Å². The zero-order valence-corrected chi connectivity index (χ0v) is 14.4. The number of hydrogen-bond acceptors (Lipinski definition) is 5. The third-order valence-corrected chi connectivity index (χ3v) is 6.03. The van der Waals surface area contributed by atoms with Crippen molar-refractivity contribution in [3.8, 4) is 0 Å². The van der Waals surface area contributed by atoms with E-state index in [-0.39, 0.29) is 17.0 Å². The lowest BCUT2D eigenvalue weighted by Crippen LogP contribution is -2.52. The summed E-state index contributed by atoms with van der Waals surface area (Å²) in [4.78, 5) is 26.2. The summed E-state index contributed by atoms with van der Waals surface area (Å²) >= 11 is 2.79. The van der Waals surface area contributed by atoms with Gasteiger partial charge in [-0.15, -0.1) is 23.1 Å². The van der Waals surface area contributed by atoms with Gasteiger partial charge in [-0.3, -0.25) is 9.59 Å². The van der Waals surface area contributed by atoms with E-state index >= 15 is 0 Å². The number of halogens is 3. The van der Waals surface area contributed by atoms with Gasteiger partial charge in [0.25, 0.3) is 5.91 Å². The lowest BCUT2D eigenvalue weighted by atomic mass is 10.0. The number of thioether (sulfide) groups is 1. The molecule has 25 heavy (non-hydrogen) atoms. The van der Waals surface area contributed by atoms with E-state index in [1.165, 1.54) is 35.2 Å². The topological polar surface area (TPSA) is 66.4 Å². The molecule has 132 valence electrons. The minimum Gasteiger partial charge on any atom is -0.373 e. The molecule has 1 atom stereocenters. The van der Waals surface area contributed by atoms with E-state index in [9.17, 15) is 27.9 Å². The van der Waals surface area contributed by atoms with Crippen LogP contribution in [0.4, 0.5) is 18.9 Å². The lowest BCUT2D eigenvalue weighted by Gasteiger charge is -2.25. The van der Waals surface area contributed by atoms with Crippen LogP contribution in [0.3, 0.4) is 0 Å². The Kier molecular flexibility index (Phi) is 4.42. The first-order chi connectivity index (χ1) is 11.6. The van der Waals surface area contributed by atoms with Gasteiger partial charge in [-0.2, -0.15) is 13.2 Å². The number of carbonyl (C=O) groups is 2. The molecule has 0 saturated heterocycles. The van der Waals surface area contributed by atoms with Crippen molar-refractivity contribution in [1.29, 1.82) is 0 Å². The first kappa shape index (κ1) is 18.0. The molecule has 1 aliphatic rings. The fourth-order valence-electron chi connectivity index (χ4n) is 2.30. The number of aliphatic hydroxyl groups is 1. The molecule has 1 amide bonds. The minimum atomic E-state index is -5.14. The third-order valence-electron chi connectivity index (χ3n) is 3.84. The maximum Gasteiger partial charge on any atom is 0.426 e. The maximum atomic E-state index is 12.8. The van der Waals surface area contributed by atoms with Crippen molar-refractivity contribution in [2.24, 2.45) is 0 Å². The van der Waals surface area contributed by atoms with Crippen LogP contribution < -0.4 is 5.32 Å². The molecule has 1 aliphatic heterocycles. The summed E-state index contributed by atoms with van der Waals surface area (Å²) in [6.07, 6.45) is -5.14. The number of nitrogens with one attached hydrogen (secondary N) is 1. The van der Waals surface area contributed by atoms with Gasteiger partial charge in [0.05, 0.1) is 11.3 Å². The molecular formula is C16H12F3NO3S2. The first-order valence-electron chi connectivity index (χ1n) is 7.10. The Labute approximate surface area is 149 Å². The molecule has 0 spiro atoms. The van der Waals surface area contributed by atoms with Gasteiger partial charge in [-0.05, 0) is 30.5 Å². The molecule has 2 heterocycles. The van der Waals surface area contributed by atoms with E-state index in [0.717, 1.165) is 4.88 Å². The molecule has 1 unspecified atom stereocenters. The van der Waals surface area contributed by atoms with Crippen LogP contribution in [-0.4, -0.2) is 28.6 Å². The Hall–Kier alpha value is -1.84. The van der Waals surface area contributed by atoms with Crippen LogP contribution in [0.2, 0.25) is 0 Å². The first-order valence-corrected chi connectivity index (χ1v) is 8.97. The summed E-state index contributed by atoms with van der Waals surface area (Å²) in [6, 6.07) is 6.21. The van der Waals surface area contributed by atoms with Crippen LogP contribution >= 0.6 is 23.1 Å². The summed E-state index contributed by atoms with van der Waals surface area (Å²) in [5.41, 5.74) is -3.01. The predicted octanol–water partition coefficient (Wildman–Crippen LogP) is 3.84. The third kappa shape index (κ3) is 3.07. The summed E-state index contributed by atoms with van der Waals surface area (Å²) in [6.45, 7) is 0.373. The zero-order chi connectivity index (χ0) is 18.4. The number of amides is 1. The normalized spacial score (nSPS) is 16.4. The molecular weight excluding hydrogens is 375 g/mol. The smallest absolute Gasteiger partial charge is 0.373 e. The SMILES string of the molecule is CC(O)(C(=O)Nc1cccc2c1C(=O)c1ccsc1CS2)C(F)(F)F. The highest BCUT2D eigenvalue weighted by atomic mass is 32.2. The van der Waals surface area contributed by atoms with Gasteiger partial charge in [0.15, 0.2) is 5.78 Å². The van der Waals surface area contributed by atoms with Crippen molar-refractivity contribution in [2.75, 3.05) is 5.32 Å². The molecule has 0 fully saturated rings. The molecule has 0 bridgehead atoms. The van der Waals surface area contributed by atoms with Crippen LogP contribution in [-0.2, 0) is 10.5 Å². The Morgan fingerprint density at radius 3 is 2.68 bits per heavy atom. The Morgan fingerprint density at radius 2 is 2.00 bits per heavy atom. The Balaban J connectivity index is 2.01. The number of ketones is 1. The molecule has 9 heteroatoms. The fraction of sp³-hybridized carbons (Fsp3) is 0.250. The summed E-state index contributed by atoms with van der Waals surface area (Å²) in [5, 5.41) is 13.3. The molecule has 2 aromatic rings. The van der Waals surface area contributed by atoms with Crippen LogP contribution in [0.1, 0.15) is 27.7 Å². The van der Waals surface area contributed by atoms with Gasteiger partial charge in [-0.1, -0.05) is 6.07 Å². The van der Waals surface area contributed by atoms with E-state index in [1.807, 2.05) is 0 Å². The van der Waals surface area contributed by atoms with Crippen LogP contribution in [0.15, 0.2) is 34.5 Å². The largest absolute Gasteiger partial charge is 0.426 e. The van der Waals surface area contributed by atoms with Crippen molar-refractivity contribution in [3.05, 3.63) is 45.6 Å². The van der Waals surface area contributed by atoms with Crippen molar-refractivity contribution in [1.82, 2.24) is 0 Å². The van der Waals surface area contributed by atoms with Gasteiger partial charge in [-0.25, -0.2) is 0 Å². The highest BCUT2D eigenvalue weighted by Crippen LogP contribution is 2.39. The minimum absolute atomic E-state index is 0.0522. The van der Waals surface area contributed by atoms with Gasteiger partial charge in [0.2, 0.25) is 5.60 Å². The van der Waals surface area contributed by atoms with E-state index < -0.39 is 17.7 Å². The summed E-state index contributed by atoms with van der Waals surface area (Å²) in [7, 11) is 0. The Bertz CT molecular complexity index is 859. The quantitative estimate of drug-likeness (QED) is 0.822. The van der Waals surface area contributed by atoms with E-state index in [0.29, 0.717) is 23.1 Å². The zero-order valence-electron chi connectivity index (χ0n) is 12.8. The molecule has 0 aliphatic carbocycles. The standard InChI is InChI=1S/C16H12F3NO3S2/c1-15(23,16(17,18)19)14(22)20-9-3-2-4-10-12(9)13(21)8-5-6-24-11(8)7-25-10/h2-6,23H,7H2,1H3,(H,20,22). The Morgan fingerprint density at radius 1 is 1.28 bits per heavy atom. The number of hydrogen-bond donors (Lipinski definition) is 2. The van der Waals surface area contributed by atoms with Crippen molar-refractivity contribution in [3.63, 3.8) is 0 Å². The van der Waals surface area contributed by atoms with Crippen LogP contribution in [0.5, 0.6) is 0 Å². The lowest BCUT2D eigenvalue weighted by molar-refractivity contribution is -0.242. The number of thiophene rings is 1. The average Bonchev–Trinajstić information content (AvgIpc) is 2.95. The number of alkyl halides is 3. The van der Waals surface area contributed by atoms with Crippen molar-refractivity contribution >= 4 is 40.5 Å². The van der Waals surface area contributed by atoms with Gasteiger partial charge in [0, 0.05) is 21.1 Å². The number of benzene rings is 1. The maximum absolute atomic E-state index is 12.8. The molecule has 2 N–H and O–H groups in total. The number of fused-ring (bicyclic) bond motifs is 2.